The molecule has 40 heavy (non-hydrogen) atoms. The highest BCUT2D eigenvalue weighted by Crippen LogP contribution is 3.01. The zero-order chi connectivity index (χ0) is 29.4. The molecular formula is C26H28F6N4O3S. The van der Waals surface area contributed by atoms with E-state index < -0.39 is 46.9 Å². The molecule has 14 heteroatoms. The number of halogens is 6. The number of methoxy groups -OCH3 is 1. The van der Waals surface area contributed by atoms with Crippen LogP contribution in [0.3, 0.4) is 0 Å². The van der Waals surface area contributed by atoms with Gasteiger partial charge >= 0.3 is 0 Å². The third-order valence-corrected chi connectivity index (χ3v) is 8.13. The number of rotatable bonds is 8. The number of likely N-dealkylation sites (tertiary alicyclic amines) is 1. The van der Waals surface area contributed by atoms with Crippen LogP contribution < -0.4 is 4.74 Å². The SMILES string of the molecule is CO/N=C1/C(=C/c2ccc(-n3cnc(C)c3)c(OC)c2)CC(S(F)(F)(F)(F)F)CN1C(CO)c1ccc(F)cc1. The molecule has 1 N–H and O–H groups in total. The van der Waals surface area contributed by atoms with Crippen molar-refractivity contribution in [1.82, 2.24) is 14.5 Å². The van der Waals surface area contributed by atoms with E-state index in [1.165, 1.54) is 25.3 Å². The molecule has 218 valence electrons. The summed E-state index contributed by atoms with van der Waals surface area (Å²) in [7, 11) is -7.46. The molecular weight excluding hydrogens is 562 g/mol. The van der Waals surface area contributed by atoms with Crippen LogP contribution in [0.2, 0.25) is 0 Å². The molecule has 0 saturated carbocycles. The quantitative estimate of drug-likeness (QED) is 0.231. The van der Waals surface area contributed by atoms with Gasteiger partial charge in [0.25, 0.3) is 10.2 Å². The van der Waals surface area contributed by atoms with E-state index in [1.807, 2.05) is 0 Å². The van der Waals surface area contributed by atoms with Gasteiger partial charge in [-0.15, -0.1) is 0 Å². The number of piperidine rings is 1. The molecule has 1 aliphatic rings. The number of aryl methyl sites for hydroxylation is 1. The number of benzene rings is 2. The van der Waals surface area contributed by atoms with Crippen molar-refractivity contribution in [2.24, 2.45) is 5.16 Å². The minimum Gasteiger partial charge on any atom is -0.495 e. The van der Waals surface area contributed by atoms with E-state index in [0.717, 1.165) is 29.8 Å². The zero-order valence-corrected chi connectivity index (χ0v) is 22.6. The van der Waals surface area contributed by atoms with Gasteiger partial charge in [0.2, 0.25) is 0 Å². The van der Waals surface area contributed by atoms with Gasteiger partial charge in [0.15, 0.2) is 5.84 Å². The molecule has 1 fully saturated rings. The van der Waals surface area contributed by atoms with Crippen LogP contribution in [0.4, 0.5) is 23.8 Å². The highest BCUT2D eigenvalue weighted by atomic mass is 32.5. The van der Waals surface area contributed by atoms with Gasteiger partial charge in [-0.3, -0.25) is 0 Å². The molecule has 1 aromatic heterocycles. The van der Waals surface area contributed by atoms with Crippen molar-refractivity contribution >= 4 is 22.1 Å². The average molecular weight is 591 g/mol. The molecule has 1 saturated heterocycles. The van der Waals surface area contributed by atoms with Gasteiger partial charge in [-0.25, -0.2) is 9.37 Å². The number of aromatic nitrogens is 2. The molecule has 1 aliphatic heterocycles. The maximum atomic E-state index is 14.2. The molecule has 0 spiro atoms. The smallest absolute Gasteiger partial charge is 0.290 e. The maximum Gasteiger partial charge on any atom is 0.290 e. The molecule has 3 aromatic rings. The monoisotopic (exact) mass is 590 g/mol. The summed E-state index contributed by atoms with van der Waals surface area (Å²) >= 11 is 0. The third kappa shape index (κ3) is 6.39. The van der Waals surface area contributed by atoms with Gasteiger partial charge in [-0.05, 0) is 54.8 Å². The summed E-state index contributed by atoms with van der Waals surface area (Å²) < 4.78 is 91.8. The fourth-order valence-corrected chi connectivity index (χ4v) is 5.54. The molecule has 2 unspecified atom stereocenters. The minimum absolute atomic E-state index is 0.169. The van der Waals surface area contributed by atoms with Crippen molar-refractivity contribution in [3.8, 4) is 11.4 Å². The first kappa shape index (κ1) is 29.3. The summed E-state index contributed by atoms with van der Waals surface area (Å²) in [5.74, 6) is -0.427. The highest BCUT2D eigenvalue weighted by Gasteiger charge is 2.71. The van der Waals surface area contributed by atoms with E-state index in [-0.39, 0.29) is 17.0 Å². The Kier molecular flexibility index (Phi) is 7.39. The maximum absolute atomic E-state index is 14.2. The molecule has 7 nitrogen and oxygen atoms in total. The van der Waals surface area contributed by atoms with Crippen LogP contribution in [-0.2, 0) is 4.84 Å². The molecule has 4 rings (SSSR count). The van der Waals surface area contributed by atoms with Crippen LogP contribution in [0.15, 0.2) is 65.7 Å². The summed E-state index contributed by atoms with van der Waals surface area (Å²) in [4.78, 5) is 9.99. The number of amidine groups is 1. The number of imidazole rings is 1. The normalized spacial score (nSPS) is 20.8. The van der Waals surface area contributed by atoms with Crippen LogP contribution in [0.25, 0.3) is 11.8 Å². The van der Waals surface area contributed by atoms with E-state index >= 15 is 0 Å². The van der Waals surface area contributed by atoms with Crippen LogP contribution in [-0.4, -0.2) is 58.0 Å². The Balaban J connectivity index is 1.85. The number of nitrogens with zero attached hydrogens (tertiary/aromatic N) is 4. The second-order valence-corrected chi connectivity index (χ2v) is 12.1. The van der Waals surface area contributed by atoms with E-state index in [9.17, 15) is 28.9 Å². The van der Waals surface area contributed by atoms with Crippen molar-refractivity contribution in [2.75, 3.05) is 27.4 Å². The Labute approximate surface area is 227 Å². The first-order valence-electron chi connectivity index (χ1n) is 12.0. The van der Waals surface area contributed by atoms with Crippen LogP contribution in [0.1, 0.15) is 29.3 Å². The van der Waals surface area contributed by atoms with Gasteiger partial charge in [-0.1, -0.05) is 42.8 Å². The lowest BCUT2D eigenvalue weighted by molar-refractivity contribution is 0.156. The first-order chi connectivity index (χ1) is 18.6. The van der Waals surface area contributed by atoms with Crippen molar-refractivity contribution in [1.29, 1.82) is 0 Å². The molecule has 2 atom stereocenters. The van der Waals surface area contributed by atoms with Crippen LogP contribution in [0, 0.1) is 12.7 Å². The first-order valence-corrected chi connectivity index (χ1v) is 14.0. The van der Waals surface area contributed by atoms with E-state index in [0.29, 0.717) is 17.0 Å². The second kappa shape index (κ2) is 10.1. The second-order valence-electron chi connectivity index (χ2n) is 9.38. The van der Waals surface area contributed by atoms with E-state index in [2.05, 4.69) is 10.1 Å². The fraction of sp³-hybridized carbons (Fsp3) is 0.308. The molecule has 0 bridgehead atoms. The van der Waals surface area contributed by atoms with Gasteiger partial charge in [-0.2, -0.15) is 0 Å². The molecule has 2 heterocycles. The number of aliphatic hydroxyl groups excluding tert-OH is 1. The van der Waals surface area contributed by atoms with Crippen molar-refractivity contribution in [2.45, 2.75) is 24.6 Å². The number of aliphatic hydroxyl groups is 1. The summed E-state index contributed by atoms with van der Waals surface area (Å²) in [6.45, 7) is -0.155. The Morgan fingerprint density at radius 3 is 2.38 bits per heavy atom. The average Bonchev–Trinajstić information content (AvgIpc) is 3.31. The molecule has 0 aliphatic carbocycles. The Bertz CT molecular complexity index is 1440. The fourth-order valence-electron chi connectivity index (χ4n) is 4.61. The lowest BCUT2D eigenvalue weighted by atomic mass is 9.96. The third-order valence-electron chi connectivity index (χ3n) is 6.55. The van der Waals surface area contributed by atoms with Crippen molar-refractivity contribution in [3.63, 3.8) is 0 Å². The number of ether oxygens (including phenoxy) is 1. The summed E-state index contributed by atoms with van der Waals surface area (Å²) in [6, 6.07) is 8.16. The largest absolute Gasteiger partial charge is 0.495 e. The number of hydrogen-bond acceptors (Lipinski definition) is 5. The summed E-state index contributed by atoms with van der Waals surface area (Å²) in [5, 5.41) is 11.0. The zero-order valence-electron chi connectivity index (χ0n) is 21.8. The minimum atomic E-state index is -10.0. The summed E-state index contributed by atoms with van der Waals surface area (Å²) in [6.07, 6.45) is 3.54. The Hall–Kier alpha value is -3.65. The predicted molar refractivity (Wildman–Crippen MR) is 142 cm³/mol. The standard InChI is InChI=1S/C26H28F6N4O3S/c1-17-13-35(16-33-17)23-9-4-18(11-25(23)38-2)10-20-12-22(40(28,29,30,31)32)14-36(26(20)34-39-3)24(15-37)19-5-7-21(27)8-6-19/h4-11,13,16,22,24,37H,12,14-15H2,1-3H3/b20-10+,34-26-. The van der Waals surface area contributed by atoms with Crippen molar-refractivity contribution < 1.29 is 38.5 Å². The Morgan fingerprint density at radius 1 is 1.12 bits per heavy atom. The Morgan fingerprint density at radius 2 is 1.82 bits per heavy atom. The lowest BCUT2D eigenvalue weighted by Gasteiger charge is -2.52. The van der Waals surface area contributed by atoms with E-state index in [4.69, 9.17) is 9.57 Å². The molecule has 2 aromatic carbocycles. The summed E-state index contributed by atoms with van der Waals surface area (Å²) in [5.41, 5.74) is 1.71. The van der Waals surface area contributed by atoms with Gasteiger partial charge in [0, 0.05) is 18.3 Å². The van der Waals surface area contributed by atoms with Crippen LogP contribution >= 0.6 is 10.2 Å². The van der Waals surface area contributed by atoms with Gasteiger partial charge in [0.1, 0.15) is 23.9 Å². The lowest BCUT2D eigenvalue weighted by Crippen LogP contribution is -2.50. The molecule has 0 amide bonds. The van der Waals surface area contributed by atoms with Crippen LogP contribution in [0.5, 0.6) is 5.75 Å². The topological polar surface area (TPSA) is 72.1 Å². The van der Waals surface area contributed by atoms with Gasteiger partial charge in [0.05, 0.1) is 37.5 Å². The predicted octanol–water partition coefficient (Wildman–Crippen LogP) is 6.78. The molecule has 0 radical (unpaired) electrons. The van der Waals surface area contributed by atoms with Gasteiger partial charge < -0.3 is 24.1 Å². The number of hydrogen-bond donors (Lipinski definition) is 1. The number of oxime groups is 1. The van der Waals surface area contributed by atoms with E-state index in [1.54, 1.807) is 42.2 Å². The highest BCUT2D eigenvalue weighted by molar-refractivity contribution is 8.46. The van der Waals surface area contributed by atoms with Crippen molar-refractivity contribution in [3.05, 3.63) is 83.2 Å².